The van der Waals surface area contributed by atoms with Gasteiger partial charge in [-0.25, -0.2) is 0 Å². The fraction of sp³-hybridized carbons (Fsp3) is 0.500. The van der Waals surface area contributed by atoms with Gasteiger partial charge >= 0.3 is 0 Å². The Bertz CT molecular complexity index is 260. The van der Waals surface area contributed by atoms with Gasteiger partial charge in [0.1, 0.15) is 0 Å². The van der Waals surface area contributed by atoms with Gasteiger partial charge in [-0.1, -0.05) is 6.08 Å². The number of nitrogens with zero attached hydrogens (tertiary/aromatic N) is 1. The lowest BCUT2D eigenvalue weighted by Gasteiger charge is -2.32. The summed E-state index contributed by atoms with van der Waals surface area (Å²) in [6.07, 6.45) is 5.32. The standard InChI is InChI=1S/C10H17N3O/c1-4-5-11-8-9-10(2,14-3)13-7-6-12-9/h4,6-7,11,13H,1,5,8H2,2-3H3. The van der Waals surface area contributed by atoms with Gasteiger partial charge in [0.15, 0.2) is 5.72 Å². The molecule has 4 nitrogen and oxygen atoms in total. The topological polar surface area (TPSA) is 45.7 Å². The Balaban J connectivity index is 2.58. The predicted molar refractivity (Wildman–Crippen MR) is 58.2 cm³/mol. The summed E-state index contributed by atoms with van der Waals surface area (Å²) in [4.78, 5) is 4.28. The molecule has 0 radical (unpaired) electrons. The number of nitrogens with one attached hydrogen (secondary N) is 2. The van der Waals surface area contributed by atoms with Crippen molar-refractivity contribution < 1.29 is 4.74 Å². The Kier molecular flexibility index (Phi) is 3.85. The molecule has 0 aromatic heterocycles. The summed E-state index contributed by atoms with van der Waals surface area (Å²) < 4.78 is 5.36. The Hall–Kier alpha value is -1.13. The van der Waals surface area contributed by atoms with Crippen LogP contribution < -0.4 is 10.6 Å². The van der Waals surface area contributed by atoms with Crippen LogP contribution in [0, 0.1) is 0 Å². The SMILES string of the molecule is C=CCNCC1=NC=CNC1(C)OC. The van der Waals surface area contributed by atoms with E-state index < -0.39 is 5.72 Å². The van der Waals surface area contributed by atoms with Gasteiger partial charge in [-0.05, 0) is 6.92 Å². The summed E-state index contributed by atoms with van der Waals surface area (Å²) in [5, 5.41) is 6.31. The molecule has 0 bridgehead atoms. The van der Waals surface area contributed by atoms with Crippen molar-refractivity contribution in [2.75, 3.05) is 20.2 Å². The van der Waals surface area contributed by atoms with E-state index in [1.54, 1.807) is 19.5 Å². The quantitative estimate of drug-likeness (QED) is 0.500. The molecule has 1 aliphatic heterocycles. The van der Waals surface area contributed by atoms with Crippen LogP contribution in [0.4, 0.5) is 0 Å². The smallest absolute Gasteiger partial charge is 0.175 e. The van der Waals surface area contributed by atoms with E-state index in [0.717, 1.165) is 12.3 Å². The summed E-state index contributed by atoms with van der Waals surface area (Å²) in [6, 6.07) is 0. The Morgan fingerprint density at radius 1 is 1.79 bits per heavy atom. The van der Waals surface area contributed by atoms with Crippen LogP contribution in [-0.4, -0.2) is 31.6 Å². The van der Waals surface area contributed by atoms with Crippen LogP contribution >= 0.6 is 0 Å². The summed E-state index contributed by atoms with van der Waals surface area (Å²) in [5.74, 6) is 0. The highest BCUT2D eigenvalue weighted by Crippen LogP contribution is 2.11. The molecule has 1 heterocycles. The van der Waals surface area contributed by atoms with Crippen molar-refractivity contribution in [1.29, 1.82) is 0 Å². The molecule has 1 unspecified atom stereocenters. The third kappa shape index (κ3) is 2.43. The fourth-order valence-corrected chi connectivity index (χ4v) is 1.21. The highest BCUT2D eigenvalue weighted by atomic mass is 16.5. The van der Waals surface area contributed by atoms with Crippen LogP contribution in [0.2, 0.25) is 0 Å². The van der Waals surface area contributed by atoms with Gasteiger partial charge in [-0.15, -0.1) is 6.58 Å². The van der Waals surface area contributed by atoms with E-state index in [0.29, 0.717) is 6.54 Å². The third-order valence-electron chi connectivity index (χ3n) is 2.20. The number of ether oxygens (including phenoxy) is 1. The van der Waals surface area contributed by atoms with E-state index in [2.05, 4.69) is 22.2 Å². The Morgan fingerprint density at radius 3 is 3.21 bits per heavy atom. The first-order chi connectivity index (χ1) is 6.73. The lowest BCUT2D eigenvalue weighted by atomic mass is 10.1. The molecule has 0 fully saturated rings. The third-order valence-corrected chi connectivity index (χ3v) is 2.20. The molecule has 4 heteroatoms. The lowest BCUT2D eigenvalue weighted by Crippen LogP contribution is -2.53. The van der Waals surface area contributed by atoms with Crippen molar-refractivity contribution >= 4 is 5.71 Å². The van der Waals surface area contributed by atoms with Gasteiger partial charge in [-0.2, -0.15) is 0 Å². The first-order valence-corrected chi connectivity index (χ1v) is 4.59. The number of hydrogen-bond donors (Lipinski definition) is 2. The normalized spacial score (nSPS) is 25.4. The van der Waals surface area contributed by atoms with Crippen LogP contribution in [0.25, 0.3) is 0 Å². The predicted octanol–water partition coefficient (Wildman–Crippen LogP) is 0.640. The maximum Gasteiger partial charge on any atom is 0.175 e. The van der Waals surface area contributed by atoms with Gasteiger partial charge in [0.05, 0.1) is 5.71 Å². The fourth-order valence-electron chi connectivity index (χ4n) is 1.21. The average Bonchev–Trinajstić information content (AvgIpc) is 2.21. The number of hydrogen-bond acceptors (Lipinski definition) is 4. The van der Waals surface area contributed by atoms with Crippen LogP contribution in [-0.2, 0) is 4.74 Å². The monoisotopic (exact) mass is 195 g/mol. The van der Waals surface area contributed by atoms with E-state index in [9.17, 15) is 0 Å². The maximum atomic E-state index is 5.36. The van der Waals surface area contributed by atoms with E-state index in [-0.39, 0.29) is 0 Å². The zero-order valence-corrected chi connectivity index (χ0v) is 8.71. The highest BCUT2D eigenvalue weighted by Gasteiger charge is 2.29. The van der Waals surface area contributed by atoms with Gasteiger partial charge in [-0.3, -0.25) is 4.99 Å². The molecular weight excluding hydrogens is 178 g/mol. The minimum atomic E-state index is -0.497. The molecule has 2 N–H and O–H groups in total. The Morgan fingerprint density at radius 2 is 2.57 bits per heavy atom. The van der Waals surface area contributed by atoms with Crippen molar-refractivity contribution in [3.8, 4) is 0 Å². The molecule has 78 valence electrons. The van der Waals surface area contributed by atoms with E-state index in [1.807, 2.05) is 13.0 Å². The van der Waals surface area contributed by atoms with E-state index in [1.165, 1.54) is 0 Å². The van der Waals surface area contributed by atoms with Crippen molar-refractivity contribution in [2.45, 2.75) is 12.6 Å². The molecule has 0 aliphatic carbocycles. The van der Waals surface area contributed by atoms with Gasteiger partial charge in [0.2, 0.25) is 0 Å². The molecule has 0 aromatic carbocycles. The van der Waals surface area contributed by atoms with Crippen molar-refractivity contribution in [1.82, 2.24) is 10.6 Å². The zero-order valence-electron chi connectivity index (χ0n) is 8.71. The van der Waals surface area contributed by atoms with E-state index in [4.69, 9.17) is 4.74 Å². The summed E-state index contributed by atoms with van der Waals surface area (Å²) in [7, 11) is 1.66. The second-order valence-electron chi connectivity index (χ2n) is 3.19. The molecule has 1 aliphatic rings. The van der Waals surface area contributed by atoms with Crippen molar-refractivity contribution in [3.63, 3.8) is 0 Å². The molecule has 1 atom stereocenters. The van der Waals surface area contributed by atoms with Crippen molar-refractivity contribution in [2.24, 2.45) is 4.99 Å². The zero-order chi connectivity index (χ0) is 10.4. The van der Waals surface area contributed by atoms with Crippen LogP contribution in [0.15, 0.2) is 30.0 Å². The molecule has 0 aromatic rings. The molecule has 0 spiro atoms. The summed E-state index contributed by atoms with van der Waals surface area (Å²) in [6.45, 7) is 7.04. The van der Waals surface area contributed by atoms with E-state index >= 15 is 0 Å². The second-order valence-corrected chi connectivity index (χ2v) is 3.19. The lowest BCUT2D eigenvalue weighted by molar-refractivity contribution is 0.0459. The number of methoxy groups -OCH3 is 1. The van der Waals surface area contributed by atoms with Gasteiger partial charge in [0, 0.05) is 32.6 Å². The molecule has 0 amide bonds. The number of aliphatic imine (C=N–C) groups is 1. The van der Waals surface area contributed by atoms with Crippen LogP contribution in [0.5, 0.6) is 0 Å². The summed E-state index contributed by atoms with van der Waals surface area (Å²) >= 11 is 0. The molecule has 14 heavy (non-hydrogen) atoms. The molecule has 0 saturated carbocycles. The molecule has 0 saturated heterocycles. The Labute approximate surface area is 84.7 Å². The van der Waals surface area contributed by atoms with Gasteiger partial charge < -0.3 is 15.4 Å². The highest BCUT2D eigenvalue weighted by molar-refractivity contribution is 5.94. The molecule has 1 rings (SSSR count). The first kappa shape index (κ1) is 10.9. The number of rotatable bonds is 5. The summed E-state index contributed by atoms with van der Waals surface area (Å²) in [5.41, 5.74) is 0.437. The minimum absolute atomic E-state index is 0.497. The second kappa shape index (κ2) is 4.93. The largest absolute Gasteiger partial charge is 0.358 e. The van der Waals surface area contributed by atoms with Gasteiger partial charge in [0.25, 0.3) is 0 Å². The van der Waals surface area contributed by atoms with Crippen LogP contribution in [0.1, 0.15) is 6.92 Å². The average molecular weight is 195 g/mol. The van der Waals surface area contributed by atoms with Crippen LogP contribution in [0.3, 0.4) is 0 Å². The minimum Gasteiger partial charge on any atom is -0.358 e. The molecular formula is C10H17N3O. The van der Waals surface area contributed by atoms with Crippen molar-refractivity contribution in [3.05, 3.63) is 25.1 Å². The first-order valence-electron chi connectivity index (χ1n) is 4.59. The maximum absolute atomic E-state index is 5.36.